The molecule has 6 nitrogen and oxygen atoms in total. The molecule has 1 aliphatic heterocycles. The van der Waals surface area contributed by atoms with Gasteiger partial charge >= 0.3 is 6.09 Å². The average Bonchev–Trinajstić information content (AvgIpc) is 2.75. The van der Waals surface area contributed by atoms with Crippen molar-refractivity contribution < 1.29 is 14.3 Å². The largest absolute Gasteiger partial charge is 0.444 e. The zero-order valence-corrected chi connectivity index (χ0v) is 18.1. The Hall–Kier alpha value is -1.42. The van der Waals surface area contributed by atoms with Crippen molar-refractivity contribution in [2.24, 2.45) is 5.92 Å². The number of nitriles is 1. The van der Waals surface area contributed by atoms with Crippen LogP contribution in [0.5, 0.6) is 0 Å². The predicted octanol–water partition coefficient (Wildman–Crippen LogP) is 3.56. The summed E-state index contributed by atoms with van der Waals surface area (Å²) in [6.45, 7) is 15.5. The second-order valence-corrected chi connectivity index (χ2v) is 10.8. The summed E-state index contributed by atoms with van der Waals surface area (Å²) in [6, 6.07) is 1.02. The topological polar surface area (TPSA) is 82.4 Å². The smallest absolute Gasteiger partial charge is 0.408 e. The number of thioether (sulfide) groups is 1. The molecule has 0 aliphatic carbocycles. The standard InChI is InChI=1S/C19H33N3O3S/c1-12-9-14(10-20)22(13(12)2)16(23)15(11-26-19(6,7)8)21-17(24)25-18(3,4)5/h12-15H,9,11H2,1-8H3,(H,21,24)/t12?,13-,14-,15-/m0/s1. The van der Waals surface area contributed by atoms with Gasteiger partial charge in [-0.3, -0.25) is 4.79 Å². The molecule has 1 unspecified atom stereocenters. The van der Waals surface area contributed by atoms with Crippen LogP contribution in [0.3, 0.4) is 0 Å². The Balaban J connectivity index is 2.97. The first-order valence-corrected chi connectivity index (χ1v) is 10.1. The van der Waals surface area contributed by atoms with Crippen LogP contribution >= 0.6 is 11.8 Å². The van der Waals surface area contributed by atoms with E-state index in [0.717, 1.165) is 0 Å². The third kappa shape index (κ3) is 6.71. The Morgan fingerprint density at radius 3 is 2.31 bits per heavy atom. The molecule has 1 rings (SSSR count). The van der Waals surface area contributed by atoms with Crippen LogP contribution in [-0.4, -0.2) is 51.1 Å². The van der Waals surface area contributed by atoms with Crippen LogP contribution in [0, 0.1) is 17.2 Å². The fraction of sp³-hybridized carbons (Fsp3) is 0.842. The number of amides is 2. The summed E-state index contributed by atoms with van der Waals surface area (Å²) < 4.78 is 5.27. The van der Waals surface area contributed by atoms with Gasteiger partial charge in [-0.2, -0.15) is 17.0 Å². The molecule has 0 bridgehead atoms. The van der Waals surface area contributed by atoms with Gasteiger partial charge in [0.15, 0.2) is 0 Å². The molecule has 0 spiro atoms. The molecule has 0 aromatic heterocycles. The van der Waals surface area contributed by atoms with Crippen molar-refractivity contribution in [1.29, 1.82) is 5.26 Å². The zero-order chi connectivity index (χ0) is 20.3. The van der Waals surface area contributed by atoms with E-state index in [1.807, 2.05) is 13.8 Å². The van der Waals surface area contributed by atoms with Gasteiger partial charge in [-0.25, -0.2) is 4.79 Å². The first kappa shape index (κ1) is 22.6. The van der Waals surface area contributed by atoms with Gasteiger partial charge in [0.1, 0.15) is 17.7 Å². The molecular weight excluding hydrogens is 350 g/mol. The van der Waals surface area contributed by atoms with Crippen molar-refractivity contribution in [1.82, 2.24) is 10.2 Å². The van der Waals surface area contributed by atoms with Gasteiger partial charge in [0.2, 0.25) is 5.91 Å². The lowest BCUT2D eigenvalue weighted by Crippen LogP contribution is -2.54. The molecule has 0 radical (unpaired) electrons. The lowest BCUT2D eigenvalue weighted by atomic mass is 10.0. The minimum atomic E-state index is -0.724. The molecule has 1 saturated heterocycles. The van der Waals surface area contributed by atoms with Crippen LogP contribution < -0.4 is 5.32 Å². The quantitative estimate of drug-likeness (QED) is 0.802. The maximum atomic E-state index is 13.2. The van der Waals surface area contributed by atoms with E-state index < -0.39 is 23.8 Å². The summed E-state index contributed by atoms with van der Waals surface area (Å²) in [6.07, 6.45) is 0.0494. The Kier molecular flexibility index (Phi) is 7.41. The molecule has 1 N–H and O–H groups in total. The fourth-order valence-corrected chi connectivity index (χ4v) is 3.72. The molecule has 0 saturated carbocycles. The Morgan fingerprint density at radius 1 is 1.27 bits per heavy atom. The van der Waals surface area contributed by atoms with Gasteiger partial charge in [-0.1, -0.05) is 27.7 Å². The lowest BCUT2D eigenvalue weighted by molar-refractivity contribution is -0.134. The van der Waals surface area contributed by atoms with Crippen molar-refractivity contribution in [3.05, 3.63) is 0 Å². The molecule has 7 heteroatoms. The van der Waals surface area contributed by atoms with E-state index in [4.69, 9.17) is 4.74 Å². The monoisotopic (exact) mass is 383 g/mol. The molecular formula is C19H33N3O3S. The summed E-state index contributed by atoms with van der Waals surface area (Å²) >= 11 is 1.60. The van der Waals surface area contributed by atoms with Crippen LogP contribution in [0.2, 0.25) is 0 Å². The van der Waals surface area contributed by atoms with Crippen molar-refractivity contribution in [3.8, 4) is 6.07 Å². The number of carbonyl (C=O) groups excluding carboxylic acids is 2. The minimum absolute atomic E-state index is 0.0327. The van der Waals surface area contributed by atoms with Gasteiger partial charge in [0.25, 0.3) is 0 Å². The summed E-state index contributed by atoms with van der Waals surface area (Å²) in [7, 11) is 0. The molecule has 148 valence electrons. The number of carbonyl (C=O) groups is 2. The van der Waals surface area contributed by atoms with E-state index in [1.165, 1.54) is 0 Å². The lowest BCUT2D eigenvalue weighted by Gasteiger charge is -2.32. The molecule has 1 heterocycles. The third-order valence-corrected chi connectivity index (χ3v) is 5.63. The molecule has 26 heavy (non-hydrogen) atoms. The van der Waals surface area contributed by atoms with E-state index in [2.05, 4.69) is 32.2 Å². The van der Waals surface area contributed by atoms with E-state index >= 15 is 0 Å². The predicted molar refractivity (Wildman–Crippen MR) is 105 cm³/mol. The first-order valence-electron chi connectivity index (χ1n) is 9.10. The van der Waals surface area contributed by atoms with E-state index in [1.54, 1.807) is 37.4 Å². The average molecular weight is 384 g/mol. The number of nitrogens with zero attached hydrogens (tertiary/aromatic N) is 2. The summed E-state index contributed by atoms with van der Waals surface area (Å²) in [4.78, 5) is 27.0. The minimum Gasteiger partial charge on any atom is -0.444 e. The van der Waals surface area contributed by atoms with Crippen LogP contribution in [0.15, 0.2) is 0 Å². The Morgan fingerprint density at radius 2 is 1.85 bits per heavy atom. The maximum Gasteiger partial charge on any atom is 0.408 e. The van der Waals surface area contributed by atoms with Gasteiger partial charge in [0.05, 0.1) is 6.07 Å². The van der Waals surface area contributed by atoms with Crippen LogP contribution in [0.1, 0.15) is 61.8 Å². The summed E-state index contributed by atoms with van der Waals surface area (Å²) in [5, 5.41) is 12.2. The summed E-state index contributed by atoms with van der Waals surface area (Å²) in [5.74, 6) is 0.467. The highest BCUT2D eigenvalue weighted by Gasteiger charge is 2.42. The molecule has 0 aromatic rings. The number of rotatable bonds is 4. The molecule has 2 amide bonds. The maximum absolute atomic E-state index is 13.2. The number of likely N-dealkylation sites (tertiary alicyclic amines) is 1. The van der Waals surface area contributed by atoms with Gasteiger partial charge in [0, 0.05) is 16.5 Å². The number of hydrogen-bond acceptors (Lipinski definition) is 5. The Labute approximate surface area is 162 Å². The number of alkyl carbamates (subject to hydrolysis) is 1. The summed E-state index contributed by atoms with van der Waals surface area (Å²) in [5.41, 5.74) is -0.639. The van der Waals surface area contributed by atoms with Crippen LogP contribution in [0.4, 0.5) is 4.79 Å². The molecule has 0 aromatic carbocycles. The highest BCUT2D eigenvalue weighted by Crippen LogP contribution is 2.31. The Bertz CT molecular complexity index is 560. The van der Waals surface area contributed by atoms with Crippen LogP contribution in [-0.2, 0) is 9.53 Å². The second kappa shape index (κ2) is 8.51. The second-order valence-electron chi connectivity index (χ2n) is 8.97. The van der Waals surface area contributed by atoms with E-state index in [-0.39, 0.29) is 22.6 Å². The van der Waals surface area contributed by atoms with Crippen molar-refractivity contribution in [3.63, 3.8) is 0 Å². The number of hydrogen-bond donors (Lipinski definition) is 1. The highest BCUT2D eigenvalue weighted by molar-refractivity contribution is 8.00. The van der Waals surface area contributed by atoms with Crippen molar-refractivity contribution in [2.45, 2.75) is 90.3 Å². The fourth-order valence-electron chi connectivity index (χ4n) is 2.83. The van der Waals surface area contributed by atoms with Gasteiger partial charge in [-0.05, 0) is 40.0 Å². The van der Waals surface area contributed by atoms with Gasteiger partial charge < -0.3 is 15.0 Å². The van der Waals surface area contributed by atoms with Crippen molar-refractivity contribution in [2.75, 3.05) is 5.75 Å². The molecule has 1 fully saturated rings. The molecule has 1 aliphatic rings. The number of ether oxygens (including phenoxy) is 1. The van der Waals surface area contributed by atoms with Crippen LogP contribution in [0.25, 0.3) is 0 Å². The number of nitrogens with one attached hydrogen (secondary N) is 1. The SMILES string of the molecule is CC1C[C@@H](C#N)N(C(=O)[C@H](CSC(C)(C)C)NC(=O)OC(C)(C)C)[C@H]1C. The van der Waals surface area contributed by atoms with Gasteiger partial charge in [-0.15, -0.1) is 0 Å². The van der Waals surface area contributed by atoms with E-state index in [9.17, 15) is 14.9 Å². The van der Waals surface area contributed by atoms with Crippen molar-refractivity contribution >= 4 is 23.8 Å². The first-order chi connectivity index (χ1) is 11.7. The highest BCUT2D eigenvalue weighted by atomic mass is 32.2. The normalized spacial score (nSPS) is 24.7. The van der Waals surface area contributed by atoms with E-state index in [0.29, 0.717) is 12.2 Å². The third-order valence-electron chi connectivity index (χ3n) is 4.27. The zero-order valence-electron chi connectivity index (χ0n) is 17.3. The molecule has 4 atom stereocenters.